The standard InChI is InChI=1S/C10H22N2O2S/c1-3-12(15(13,14)4-2)9-10-7-5-6-8-11-10/h10-11H,3-9H2,1-2H3. The van der Waals surface area contributed by atoms with Crippen LogP contribution in [0, 0.1) is 0 Å². The summed E-state index contributed by atoms with van der Waals surface area (Å²) in [4.78, 5) is 0. The van der Waals surface area contributed by atoms with E-state index in [4.69, 9.17) is 0 Å². The normalized spacial score (nSPS) is 23.3. The van der Waals surface area contributed by atoms with Crippen molar-refractivity contribution in [1.29, 1.82) is 0 Å². The topological polar surface area (TPSA) is 49.4 Å². The number of hydrogen-bond acceptors (Lipinski definition) is 3. The van der Waals surface area contributed by atoms with Gasteiger partial charge in [-0.05, 0) is 26.3 Å². The highest BCUT2D eigenvalue weighted by Gasteiger charge is 2.23. The minimum Gasteiger partial charge on any atom is -0.313 e. The largest absolute Gasteiger partial charge is 0.313 e. The summed E-state index contributed by atoms with van der Waals surface area (Å²) < 4.78 is 25.0. The van der Waals surface area contributed by atoms with Crippen LogP contribution >= 0.6 is 0 Å². The molecule has 1 N–H and O–H groups in total. The van der Waals surface area contributed by atoms with Crippen LogP contribution in [0.3, 0.4) is 0 Å². The van der Waals surface area contributed by atoms with Crippen LogP contribution in [0.25, 0.3) is 0 Å². The molecule has 0 aromatic heterocycles. The molecular weight excluding hydrogens is 212 g/mol. The van der Waals surface area contributed by atoms with E-state index in [0.29, 0.717) is 19.1 Å². The molecule has 0 aromatic rings. The van der Waals surface area contributed by atoms with Gasteiger partial charge in [0.15, 0.2) is 0 Å². The lowest BCUT2D eigenvalue weighted by Gasteiger charge is -2.29. The first kappa shape index (κ1) is 12.9. The molecule has 0 radical (unpaired) electrons. The second kappa shape index (κ2) is 5.82. The molecule has 1 atom stereocenters. The summed E-state index contributed by atoms with van der Waals surface area (Å²) in [5.41, 5.74) is 0. The summed E-state index contributed by atoms with van der Waals surface area (Å²) in [5, 5.41) is 3.37. The molecule has 1 fully saturated rings. The van der Waals surface area contributed by atoms with E-state index in [-0.39, 0.29) is 5.75 Å². The zero-order chi connectivity index (χ0) is 11.3. The van der Waals surface area contributed by atoms with Crippen LogP contribution in [-0.4, -0.2) is 44.2 Å². The summed E-state index contributed by atoms with van der Waals surface area (Å²) in [5.74, 6) is 0.202. The lowest BCUT2D eigenvalue weighted by atomic mass is 10.1. The smallest absolute Gasteiger partial charge is 0.213 e. The summed E-state index contributed by atoms with van der Waals surface area (Å²) in [6, 6.07) is 0.347. The van der Waals surface area contributed by atoms with Crippen LogP contribution in [-0.2, 0) is 10.0 Å². The zero-order valence-corrected chi connectivity index (χ0v) is 10.5. The number of hydrogen-bond donors (Lipinski definition) is 1. The molecule has 0 aliphatic carbocycles. The van der Waals surface area contributed by atoms with Crippen molar-refractivity contribution >= 4 is 10.0 Å². The van der Waals surface area contributed by atoms with Gasteiger partial charge in [-0.25, -0.2) is 12.7 Å². The van der Waals surface area contributed by atoms with Crippen LogP contribution in [0.4, 0.5) is 0 Å². The van der Waals surface area contributed by atoms with Gasteiger partial charge in [-0.2, -0.15) is 0 Å². The maximum atomic E-state index is 11.7. The Morgan fingerprint density at radius 3 is 2.53 bits per heavy atom. The van der Waals surface area contributed by atoms with Crippen LogP contribution in [0.1, 0.15) is 33.1 Å². The Kier molecular flexibility index (Phi) is 5.02. The molecule has 1 aliphatic heterocycles. The Balaban J connectivity index is 2.52. The van der Waals surface area contributed by atoms with Crippen molar-refractivity contribution in [1.82, 2.24) is 9.62 Å². The second-order valence-electron chi connectivity index (χ2n) is 4.00. The third kappa shape index (κ3) is 3.74. The van der Waals surface area contributed by atoms with Crippen LogP contribution < -0.4 is 5.32 Å². The highest BCUT2D eigenvalue weighted by molar-refractivity contribution is 7.89. The quantitative estimate of drug-likeness (QED) is 0.765. The van der Waals surface area contributed by atoms with E-state index >= 15 is 0 Å². The predicted octanol–water partition coefficient (Wildman–Crippen LogP) is 0.800. The molecule has 90 valence electrons. The Hall–Kier alpha value is -0.130. The molecule has 15 heavy (non-hydrogen) atoms. The maximum absolute atomic E-state index is 11.7. The van der Waals surface area contributed by atoms with Crippen molar-refractivity contribution < 1.29 is 8.42 Å². The van der Waals surface area contributed by atoms with Gasteiger partial charge in [0, 0.05) is 19.1 Å². The summed E-state index contributed by atoms with van der Waals surface area (Å²) in [7, 11) is -3.02. The Morgan fingerprint density at radius 2 is 2.07 bits per heavy atom. The molecule has 0 spiro atoms. The van der Waals surface area contributed by atoms with Crippen molar-refractivity contribution in [2.75, 3.05) is 25.4 Å². The summed E-state index contributed by atoms with van der Waals surface area (Å²) in [6.07, 6.45) is 3.51. The van der Waals surface area contributed by atoms with Crippen molar-refractivity contribution in [3.05, 3.63) is 0 Å². The van der Waals surface area contributed by atoms with Gasteiger partial charge in [0.05, 0.1) is 5.75 Å². The molecular formula is C10H22N2O2S. The van der Waals surface area contributed by atoms with Crippen LogP contribution in [0.15, 0.2) is 0 Å². The summed E-state index contributed by atoms with van der Waals surface area (Å²) in [6.45, 7) is 5.83. The number of sulfonamides is 1. The molecule has 1 rings (SSSR count). The number of nitrogens with zero attached hydrogens (tertiary/aromatic N) is 1. The van der Waals surface area contributed by atoms with E-state index < -0.39 is 10.0 Å². The molecule has 4 nitrogen and oxygen atoms in total. The Labute approximate surface area is 93.1 Å². The second-order valence-corrected chi connectivity index (χ2v) is 6.26. The van der Waals surface area contributed by atoms with E-state index in [1.54, 1.807) is 11.2 Å². The van der Waals surface area contributed by atoms with Crippen molar-refractivity contribution in [2.45, 2.75) is 39.2 Å². The van der Waals surface area contributed by atoms with Gasteiger partial charge < -0.3 is 5.32 Å². The Bertz CT molecular complexity index is 271. The molecule has 5 heteroatoms. The van der Waals surface area contributed by atoms with Gasteiger partial charge in [-0.15, -0.1) is 0 Å². The molecule has 1 unspecified atom stereocenters. The Morgan fingerprint density at radius 1 is 1.33 bits per heavy atom. The van der Waals surface area contributed by atoms with E-state index in [9.17, 15) is 8.42 Å². The minimum atomic E-state index is -3.02. The van der Waals surface area contributed by atoms with E-state index in [1.165, 1.54) is 12.8 Å². The fourth-order valence-electron chi connectivity index (χ4n) is 1.95. The minimum absolute atomic E-state index is 0.202. The van der Waals surface area contributed by atoms with Crippen molar-refractivity contribution in [3.63, 3.8) is 0 Å². The van der Waals surface area contributed by atoms with Crippen molar-refractivity contribution in [3.8, 4) is 0 Å². The highest BCUT2D eigenvalue weighted by Crippen LogP contribution is 2.10. The first-order chi connectivity index (χ1) is 7.10. The molecule has 1 aliphatic rings. The number of nitrogens with one attached hydrogen (secondary N) is 1. The van der Waals surface area contributed by atoms with Crippen molar-refractivity contribution in [2.24, 2.45) is 0 Å². The first-order valence-electron chi connectivity index (χ1n) is 5.81. The van der Waals surface area contributed by atoms with Crippen LogP contribution in [0.2, 0.25) is 0 Å². The van der Waals surface area contributed by atoms with Crippen LogP contribution in [0.5, 0.6) is 0 Å². The molecule has 0 aromatic carbocycles. The van der Waals surface area contributed by atoms with E-state index in [1.807, 2.05) is 6.92 Å². The lowest BCUT2D eigenvalue weighted by molar-refractivity contribution is 0.320. The predicted molar refractivity (Wildman–Crippen MR) is 62.3 cm³/mol. The molecule has 0 amide bonds. The lowest BCUT2D eigenvalue weighted by Crippen LogP contribution is -2.46. The zero-order valence-electron chi connectivity index (χ0n) is 9.70. The van der Waals surface area contributed by atoms with Gasteiger partial charge in [-0.1, -0.05) is 13.3 Å². The SMILES string of the molecule is CCN(CC1CCCCN1)S(=O)(=O)CC. The number of piperidine rings is 1. The van der Waals surface area contributed by atoms with Gasteiger partial charge >= 0.3 is 0 Å². The van der Waals surface area contributed by atoms with Gasteiger partial charge in [0.1, 0.15) is 0 Å². The number of likely N-dealkylation sites (N-methyl/N-ethyl adjacent to an activating group) is 1. The van der Waals surface area contributed by atoms with Gasteiger partial charge in [0.25, 0.3) is 0 Å². The monoisotopic (exact) mass is 234 g/mol. The average molecular weight is 234 g/mol. The van der Waals surface area contributed by atoms with Gasteiger partial charge in [0.2, 0.25) is 10.0 Å². The first-order valence-corrected chi connectivity index (χ1v) is 7.42. The fraction of sp³-hybridized carbons (Fsp3) is 1.00. The average Bonchev–Trinajstić information content (AvgIpc) is 2.27. The molecule has 0 saturated carbocycles. The fourth-order valence-corrected chi connectivity index (χ4v) is 3.11. The van der Waals surface area contributed by atoms with E-state index in [0.717, 1.165) is 13.0 Å². The third-order valence-electron chi connectivity index (χ3n) is 2.95. The molecule has 0 bridgehead atoms. The summed E-state index contributed by atoms with van der Waals surface area (Å²) >= 11 is 0. The van der Waals surface area contributed by atoms with Gasteiger partial charge in [-0.3, -0.25) is 0 Å². The number of rotatable bonds is 5. The third-order valence-corrected chi connectivity index (χ3v) is 4.87. The molecule has 1 saturated heterocycles. The molecule has 1 heterocycles. The highest BCUT2D eigenvalue weighted by atomic mass is 32.2. The van der Waals surface area contributed by atoms with E-state index in [2.05, 4.69) is 5.32 Å². The maximum Gasteiger partial charge on any atom is 0.213 e.